The van der Waals surface area contributed by atoms with E-state index in [0.717, 1.165) is 25.8 Å². The fourth-order valence-electron chi connectivity index (χ4n) is 3.43. The molecule has 6 heteroatoms. The van der Waals surface area contributed by atoms with Crippen LogP contribution < -0.4 is 0 Å². The lowest BCUT2D eigenvalue weighted by Gasteiger charge is -2.41. The lowest BCUT2D eigenvalue weighted by molar-refractivity contribution is 0.00212. The van der Waals surface area contributed by atoms with Crippen LogP contribution in [0.5, 0.6) is 0 Å². The molecule has 134 valence electrons. The number of aliphatic hydroxyl groups is 1. The van der Waals surface area contributed by atoms with Gasteiger partial charge in [0.15, 0.2) is 0 Å². The molecule has 23 heavy (non-hydrogen) atoms. The molecule has 2 aliphatic heterocycles. The molecule has 6 nitrogen and oxygen atoms in total. The van der Waals surface area contributed by atoms with Gasteiger partial charge in [0.25, 0.3) is 0 Å². The minimum Gasteiger partial charge on any atom is -0.444 e. The van der Waals surface area contributed by atoms with Gasteiger partial charge in [-0.2, -0.15) is 0 Å². The molecule has 1 N–H and O–H groups in total. The molecule has 0 saturated carbocycles. The second-order valence-corrected chi connectivity index (χ2v) is 7.61. The van der Waals surface area contributed by atoms with Crippen molar-refractivity contribution in [3.8, 4) is 0 Å². The number of nitrogens with zero attached hydrogens (tertiary/aromatic N) is 2. The fourth-order valence-corrected chi connectivity index (χ4v) is 3.43. The van der Waals surface area contributed by atoms with Gasteiger partial charge in [0.2, 0.25) is 0 Å². The summed E-state index contributed by atoms with van der Waals surface area (Å²) >= 11 is 0. The summed E-state index contributed by atoms with van der Waals surface area (Å²) in [5.41, 5.74) is -0.451. The van der Waals surface area contributed by atoms with Crippen LogP contribution >= 0.6 is 0 Å². The molecule has 0 aromatic rings. The Labute approximate surface area is 139 Å². The van der Waals surface area contributed by atoms with Gasteiger partial charge in [-0.1, -0.05) is 6.92 Å². The highest BCUT2D eigenvalue weighted by atomic mass is 16.6. The van der Waals surface area contributed by atoms with E-state index in [4.69, 9.17) is 9.47 Å². The van der Waals surface area contributed by atoms with E-state index in [1.165, 1.54) is 0 Å². The molecule has 2 rings (SSSR count). The van der Waals surface area contributed by atoms with Crippen LogP contribution in [-0.4, -0.2) is 77.6 Å². The molecule has 0 aromatic heterocycles. The number of rotatable bonds is 4. The second kappa shape index (κ2) is 7.81. The minimum absolute atomic E-state index is 0.0908. The minimum atomic E-state index is -0.451. The van der Waals surface area contributed by atoms with Gasteiger partial charge >= 0.3 is 6.09 Å². The lowest BCUT2D eigenvalue weighted by atomic mass is 10.00. The molecule has 2 atom stereocenters. The first-order chi connectivity index (χ1) is 10.8. The molecular formula is C17H32N2O4. The van der Waals surface area contributed by atoms with Crippen molar-refractivity contribution >= 4 is 6.09 Å². The Morgan fingerprint density at radius 1 is 1.30 bits per heavy atom. The van der Waals surface area contributed by atoms with E-state index in [1.807, 2.05) is 20.8 Å². The highest BCUT2D eigenvalue weighted by Gasteiger charge is 2.37. The summed E-state index contributed by atoms with van der Waals surface area (Å²) in [6, 6.07) is 0.489. The van der Waals surface area contributed by atoms with E-state index >= 15 is 0 Å². The summed E-state index contributed by atoms with van der Waals surface area (Å²) in [5.74, 6) is 0. The number of hydrogen-bond acceptors (Lipinski definition) is 5. The SMILES string of the molecule is CCCN(C1CCN(C(=O)OC(C)(C)C)CC1)[C@@H]1COC[C@H]1O. The molecule has 0 spiro atoms. The first-order valence-electron chi connectivity index (χ1n) is 8.81. The van der Waals surface area contributed by atoms with Crippen LogP contribution in [0.4, 0.5) is 4.79 Å². The number of carbonyl (C=O) groups is 1. The Hall–Kier alpha value is -0.850. The van der Waals surface area contributed by atoms with Crippen molar-refractivity contribution in [1.29, 1.82) is 0 Å². The quantitative estimate of drug-likeness (QED) is 0.853. The Balaban J connectivity index is 1.89. The summed E-state index contributed by atoms with van der Waals surface area (Å²) in [7, 11) is 0. The standard InChI is InChI=1S/C17H32N2O4/c1-5-8-19(14-11-22-12-15(14)20)13-6-9-18(10-7-13)16(21)23-17(2,3)4/h13-15,20H,5-12H2,1-4H3/t14-,15-/m1/s1. The molecule has 0 unspecified atom stereocenters. The van der Waals surface area contributed by atoms with Crippen molar-refractivity contribution in [1.82, 2.24) is 9.80 Å². The van der Waals surface area contributed by atoms with E-state index in [9.17, 15) is 9.90 Å². The molecule has 0 aliphatic carbocycles. The maximum atomic E-state index is 12.2. The average molecular weight is 328 g/mol. The van der Waals surface area contributed by atoms with Gasteiger partial charge in [-0.25, -0.2) is 4.79 Å². The molecule has 0 radical (unpaired) electrons. The smallest absolute Gasteiger partial charge is 0.410 e. The van der Waals surface area contributed by atoms with E-state index < -0.39 is 11.7 Å². The predicted molar refractivity (Wildman–Crippen MR) is 88.4 cm³/mol. The van der Waals surface area contributed by atoms with Crippen molar-refractivity contribution in [2.24, 2.45) is 0 Å². The molecular weight excluding hydrogens is 296 g/mol. The van der Waals surface area contributed by atoms with E-state index in [0.29, 0.717) is 32.3 Å². The summed E-state index contributed by atoms with van der Waals surface area (Å²) < 4.78 is 10.9. The van der Waals surface area contributed by atoms with Crippen LogP contribution in [0.1, 0.15) is 47.0 Å². The molecule has 2 aliphatic rings. The first kappa shape index (κ1) is 18.5. The fraction of sp³-hybridized carbons (Fsp3) is 0.941. The molecule has 0 bridgehead atoms. The van der Waals surface area contributed by atoms with E-state index in [2.05, 4.69) is 11.8 Å². The van der Waals surface area contributed by atoms with Gasteiger partial charge in [0.1, 0.15) is 5.60 Å². The van der Waals surface area contributed by atoms with Crippen LogP contribution in [0, 0.1) is 0 Å². The number of likely N-dealkylation sites (tertiary alicyclic amines) is 1. The van der Waals surface area contributed by atoms with Gasteiger partial charge in [-0.15, -0.1) is 0 Å². The number of amides is 1. The second-order valence-electron chi connectivity index (χ2n) is 7.61. The van der Waals surface area contributed by atoms with Gasteiger partial charge in [-0.3, -0.25) is 4.90 Å². The highest BCUT2D eigenvalue weighted by Crippen LogP contribution is 2.24. The topological polar surface area (TPSA) is 62.2 Å². The zero-order valence-corrected chi connectivity index (χ0v) is 15.0. The van der Waals surface area contributed by atoms with Crippen molar-refractivity contribution in [3.63, 3.8) is 0 Å². The van der Waals surface area contributed by atoms with E-state index in [1.54, 1.807) is 4.90 Å². The molecule has 2 fully saturated rings. The maximum Gasteiger partial charge on any atom is 0.410 e. The largest absolute Gasteiger partial charge is 0.444 e. The van der Waals surface area contributed by atoms with Gasteiger partial charge < -0.3 is 19.5 Å². The van der Waals surface area contributed by atoms with Crippen LogP contribution in [0.25, 0.3) is 0 Å². The zero-order valence-electron chi connectivity index (χ0n) is 15.0. The molecule has 2 saturated heterocycles. The van der Waals surface area contributed by atoms with Crippen LogP contribution in [0.2, 0.25) is 0 Å². The zero-order chi connectivity index (χ0) is 17.0. The normalized spacial score (nSPS) is 26.8. The third kappa shape index (κ3) is 5.06. The Bertz CT molecular complexity index is 389. The summed E-state index contributed by atoms with van der Waals surface area (Å²) in [6.45, 7) is 11.3. The number of hydrogen-bond donors (Lipinski definition) is 1. The Kier molecular flexibility index (Phi) is 6.28. The lowest BCUT2D eigenvalue weighted by Crippen LogP contribution is -2.53. The van der Waals surface area contributed by atoms with Crippen molar-refractivity contribution in [3.05, 3.63) is 0 Å². The van der Waals surface area contributed by atoms with Crippen molar-refractivity contribution < 1.29 is 19.4 Å². The van der Waals surface area contributed by atoms with Crippen LogP contribution in [0.15, 0.2) is 0 Å². The third-order valence-corrected chi connectivity index (χ3v) is 4.51. The predicted octanol–water partition coefficient (Wildman–Crippen LogP) is 1.86. The Morgan fingerprint density at radius 2 is 1.96 bits per heavy atom. The summed E-state index contributed by atoms with van der Waals surface area (Å²) in [6.07, 6.45) is 2.27. The summed E-state index contributed by atoms with van der Waals surface area (Å²) in [5, 5.41) is 10.1. The third-order valence-electron chi connectivity index (χ3n) is 4.51. The average Bonchev–Trinajstić information content (AvgIpc) is 2.89. The molecule has 1 amide bonds. The van der Waals surface area contributed by atoms with E-state index in [-0.39, 0.29) is 12.1 Å². The van der Waals surface area contributed by atoms with Crippen molar-refractivity contribution in [2.45, 2.75) is 70.7 Å². The maximum absolute atomic E-state index is 12.2. The van der Waals surface area contributed by atoms with Crippen LogP contribution in [0.3, 0.4) is 0 Å². The number of piperidine rings is 1. The Morgan fingerprint density at radius 3 is 2.43 bits per heavy atom. The van der Waals surface area contributed by atoms with Gasteiger partial charge in [0, 0.05) is 19.1 Å². The molecule has 2 heterocycles. The number of aliphatic hydroxyl groups excluding tert-OH is 1. The monoisotopic (exact) mass is 328 g/mol. The van der Waals surface area contributed by atoms with Gasteiger partial charge in [0.05, 0.1) is 25.4 Å². The highest BCUT2D eigenvalue weighted by molar-refractivity contribution is 5.68. The summed E-state index contributed by atoms with van der Waals surface area (Å²) in [4.78, 5) is 16.3. The van der Waals surface area contributed by atoms with Gasteiger partial charge in [-0.05, 0) is 46.6 Å². The number of carbonyl (C=O) groups excluding carboxylic acids is 1. The first-order valence-corrected chi connectivity index (χ1v) is 8.81. The van der Waals surface area contributed by atoms with Crippen molar-refractivity contribution in [2.75, 3.05) is 32.8 Å². The van der Waals surface area contributed by atoms with Crippen LogP contribution in [-0.2, 0) is 9.47 Å². The molecule has 0 aromatic carbocycles. The number of ether oxygens (including phenoxy) is 2.